The largest absolute Gasteiger partial charge is 0.370 e. The number of amides is 1. The number of hydrogen-bond acceptors (Lipinski definition) is 4. The van der Waals surface area contributed by atoms with Crippen molar-refractivity contribution in [3.63, 3.8) is 0 Å². The molecule has 5 heteroatoms. The van der Waals surface area contributed by atoms with E-state index in [4.69, 9.17) is 5.73 Å². The molecular weight excluding hydrogens is 150 g/mol. The molecule has 0 aromatic heterocycles. The van der Waals surface area contributed by atoms with Gasteiger partial charge in [-0.25, -0.2) is 4.41 Å². The maximum Gasteiger partial charge on any atom is 0.219 e. The van der Waals surface area contributed by atoms with Crippen molar-refractivity contribution in [1.82, 2.24) is 4.41 Å². The summed E-state index contributed by atoms with van der Waals surface area (Å²) in [6.45, 7) is 0.622. The molecule has 1 rings (SSSR count). The van der Waals surface area contributed by atoms with Crippen molar-refractivity contribution >= 4 is 24.1 Å². The highest BCUT2D eigenvalue weighted by Crippen LogP contribution is 2.14. The van der Waals surface area contributed by atoms with E-state index >= 15 is 0 Å². The highest BCUT2D eigenvalue weighted by Gasteiger charge is 2.06. The first-order valence-corrected chi connectivity index (χ1v) is 3.94. The number of hydrogen-bond donors (Lipinski definition) is 1. The van der Waals surface area contributed by atoms with Crippen LogP contribution in [0.4, 0.5) is 0 Å². The normalized spacial score (nSPS) is 16.2. The zero-order valence-corrected chi connectivity index (χ0v) is 6.30. The molecule has 1 heterocycles. The van der Waals surface area contributed by atoms with Gasteiger partial charge >= 0.3 is 0 Å². The van der Waals surface area contributed by atoms with Crippen LogP contribution in [-0.4, -0.2) is 28.8 Å². The second-order valence-corrected chi connectivity index (χ2v) is 2.90. The fourth-order valence-electron chi connectivity index (χ4n) is 0.605. The third-order valence-corrected chi connectivity index (χ3v) is 1.93. The summed E-state index contributed by atoms with van der Waals surface area (Å²) in [7, 11) is 0. The van der Waals surface area contributed by atoms with E-state index in [0.717, 1.165) is 5.75 Å². The molecule has 0 fully saturated rings. The van der Waals surface area contributed by atoms with E-state index in [0.29, 0.717) is 13.0 Å². The van der Waals surface area contributed by atoms with Crippen LogP contribution in [0.2, 0.25) is 0 Å². The third kappa shape index (κ3) is 2.26. The van der Waals surface area contributed by atoms with E-state index in [-0.39, 0.29) is 5.91 Å². The van der Waals surface area contributed by atoms with Crippen molar-refractivity contribution in [3.8, 4) is 0 Å². The third-order valence-electron chi connectivity index (χ3n) is 1.06. The molecule has 0 aromatic rings. The molecule has 0 unspecified atom stereocenters. The SMILES string of the molecule is NC(=O)CCN1N=CCS1. The highest BCUT2D eigenvalue weighted by molar-refractivity contribution is 7.97. The first-order chi connectivity index (χ1) is 4.79. The minimum absolute atomic E-state index is 0.275. The maximum absolute atomic E-state index is 10.3. The van der Waals surface area contributed by atoms with Gasteiger partial charge in [0.25, 0.3) is 0 Å². The highest BCUT2D eigenvalue weighted by atomic mass is 32.2. The molecule has 0 aromatic carbocycles. The molecule has 0 spiro atoms. The first kappa shape index (κ1) is 7.40. The Balaban J connectivity index is 2.13. The van der Waals surface area contributed by atoms with E-state index in [1.807, 2.05) is 6.21 Å². The average Bonchev–Trinajstić information content (AvgIpc) is 2.34. The first-order valence-electron chi connectivity index (χ1n) is 3.00. The Kier molecular flexibility index (Phi) is 2.56. The molecule has 4 nitrogen and oxygen atoms in total. The van der Waals surface area contributed by atoms with E-state index in [1.165, 1.54) is 0 Å². The molecular formula is C5H9N3OS. The smallest absolute Gasteiger partial charge is 0.219 e. The summed E-state index contributed by atoms with van der Waals surface area (Å²) in [5.74, 6) is 0.626. The molecule has 0 bridgehead atoms. The summed E-state index contributed by atoms with van der Waals surface area (Å²) in [5, 5.41) is 3.97. The van der Waals surface area contributed by atoms with Gasteiger partial charge in [-0.15, -0.1) is 0 Å². The fourth-order valence-corrected chi connectivity index (χ4v) is 1.26. The lowest BCUT2D eigenvalue weighted by atomic mass is 10.4. The van der Waals surface area contributed by atoms with E-state index < -0.39 is 0 Å². The van der Waals surface area contributed by atoms with Crippen molar-refractivity contribution < 1.29 is 4.79 Å². The van der Waals surface area contributed by atoms with Crippen LogP contribution < -0.4 is 5.73 Å². The monoisotopic (exact) mass is 159 g/mol. The van der Waals surface area contributed by atoms with Crippen LogP contribution in [0, 0.1) is 0 Å². The molecule has 0 radical (unpaired) electrons. The molecule has 0 atom stereocenters. The Bertz CT molecular complexity index is 159. The van der Waals surface area contributed by atoms with E-state index in [2.05, 4.69) is 5.10 Å². The quantitative estimate of drug-likeness (QED) is 0.581. The molecule has 0 aliphatic carbocycles. The van der Waals surface area contributed by atoms with Gasteiger partial charge in [-0.2, -0.15) is 5.10 Å². The van der Waals surface area contributed by atoms with Gasteiger partial charge in [0.2, 0.25) is 5.91 Å². The number of rotatable bonds is 3. The molecule has 10 heavy (non-hydrogen) atoms. The topological polar surface area (TPSA) is 58.7 Å². The standard InChI is InChI=1S/C5H9N3OS/c6-5(9)1-3-8-7-2-4-10-8/h2H,1,3-4H2,(H2,6,9). The van der Waals surface area contributed by atoms with Crippen LogP contribution in [0.1, 0.15) is 6.42 Å². The second kappa shape index (κ2) is 3.46. The number of primary amides is 1. The summed E-state index contributed by atoms with van der Waals surface area (Å²) >= 11 is 1.59. The van der Waals surface area contributed by atoms with E-state index in [9.17, 15) is 4.79 Å². The van der Waals surface area contributed by atoms with Crippen molar-refractivity contribution in [2.45, 2.75) is 6.42 Å². The van der Waals surface area contributed by atoms with Crippen LogP contribution in [0.15, 0.2) is 5.10 Å². The minimum atomic E-state index is -0.275. The van der Waals surface area contributed by atoms with Crippen LogP contribution in [0.5, 0.6) is 0 Å². The number of nitrogens with two attached hydrogens (primary N) is 1. The van der Waals surface area contributed by atoms with Crippen LogP contribution in [0.3, 0.4) is 0 Å². The second-order valence-electron chi connectivity index (χ2n) is 1.89. The summed E-state index contributed by atoms with van der Waals surface area (Å²) in [4.78, 5) is 10.3. The van der Waals surface area contributed by atoms with Crippen LogP contribution in [-0.2, 0) is 4.79 Å². The maximum atomic E-state index is 10.3. The lowest BCUT2D eigenvalue weighted by Crippen LogP contribution is -2.17. The van der Waals surface area contributed by atoms with Gasteiger partial charge in [-0.1, -0.05) is 0 Å². The van der Waals surface area contributed by atoms with Crippen molar-refractivity contribution in [2.24, 2.45) is 10.8 Å². The molecule has 0 saturated carbocycles. The lowest BCUT2D eigenvalue weighted by Gasteiger charge is -2.08. The number of carbonyl (C=O) groups excluding carboxylic acids is 1. The zero-order valence-electron chi connectivity index (χ0n) is 5.49. The number of carbonyl (C=O) groups is 1. The van der Waals surface area contributed by atoms with Crippen LogP contribution in [0.25, 0.3) is 0 Å². The van der Waals surface area contributed by atoms with Gasteiger partial charge in [0.1, 0.15) is 0 Å². The molecule has 1 aliphatic heterocycles. The van der Waals surface area contributed by atoms with Crippen molar-refractivity contribution in [3.05, 3.63) is 0 Å². The number of nitrogens with zero attached hydrogens (tertiary/aromatic N) is 2. The van der Waals surface area contributed by atoms with Gasteiger partial charge in [0, 0.05) is 12.6 Å². The predicted molar refractivity (Wildman–Crippen MR) is 41.5 cm³/mol. The van der Waals surface area contributed by atoms with Gasteiger partial charge in [-0.3, -0.25) is 4.79 Å². The summed E-state index contributed by atoms with van der Waals surface area (Å²) in [6, 6.07) is 0. The van der Waals surface area contributed by atoms with Gasteiger partial charge in [0.15, 0.2) is 0 Å². The molecule has 0 saturated heterocycles. The molecule has 1 aliphatic rings. The predicted octanol–water partition coefficient (Wildman–Crippen LogP) is -0.189. The van der Waals surface area contributed by atoms with Crippen molar-refractivity contribution in [2.75, 3.05) is 12.3 Å². The summed E-state index contributed by atoms with van der Waals surface area (Å²) < 4.78 is 1.77. The Hall–Kier alpha value is -0.710. The van der Waals surface area contributed by atoms with Crippen molar-refractivity contribution in [1.29, 1.82) is 0 Å². The number of hydrazone groups is 1. The molecule has 2 N–H and O–H groups in total. The molecule has 56 valence electrons. The average molecular weight is 159 g/mol. The Morgan fingerprint density at radius 2 is 2.70 bits per heavy atom. The summed E-state index contributed by atoms with van der Waals surface area (Å²) in [5.41, 5.74) is 4.94. The van der Waals surface area contributed by atoms with E-state index in [1.54, 1.807) is 16.4 Å². The Morgan fingerprint density at radius 3 is 3.20 bits per heavy atom. The minimum Gasteiger partial charge on any atom is -0.370 e. The zero-order chi connectivity index (χ0) is 7.40. The Morgan fingerprint density at radius 1 is 1.90 bits per heavy atom. The van der Waals surface area contributed by atoms with Crippen LogP contribution >= 0.6 is 11.9 Å². The fraction of sp³-hybridized carbons (Fsp3) is 0.600. The van der Waals surface area contributed by atoms with Gasteiger partial charge in [-0.05, 0) is 11.9 Å². The lowest BCUT2D eigenvalue weighted by molar-refractivity contribution is -0.118. The van der Waals surface area contributed by atoms with Gasteiger partial charge in [0.05, 0.1) is 12.3 Å². The Labute approximate surface area is 63.6 Å². The van der Waals surface area contributed by atoms with Gasteiger partial charge < -0.3 is 5.73 Å². The summed E-state index contributed by atoms with van der Waals surface area (Å²) in [6.07, 6.45) is 2.19. The molecule has 1 amide bonds.